The summed E-state index contributed by atoms with van der Waals surface area (Å²) in [5.74, 6) is 1.66. The molecule has 168 valence electrons. The lowest BCUT2D eigenvalue weighted by atomic mass is 9.79. The summed E-state index contributed by atoms with van der Waals surface area (Å²) in [6, 6.07) is 16.3. The van der Waals surface area contributed by atoms with E-state index in [9.17, 15) is 0 Å². The molecule has 0 aromatic heterocycles. The van der Waals surface area contributed by atoms with Crippen molar-refractivity contribution in [2.75, 3.05) is 38.7 Å². The first kappa shape index (κ1) is 22.2. The third kappa shape index (κ3) is 5.24. The molecule has 1 saturated heterocycles. The highest BCUT2D eigenvalue weighted by atomic mass is 16.5. The molecule has 0 saturated carbocycles. The van der Waals surface area contributed by atoms with Crippen molar-refractivity contribution >= 4 is 5.69 Å². The quantitative estimate of drug-likeness (QED) is 0.664. The van der Waals surface area contributed by atoms with Gasteiger partial charge >= 0.3 is 0 Å². The van der Waals surface area contributed by atoms with E-state index in [0.717, 1.165) is 38.1 Å². The number of fused-ring (bicyclic) bond motifs is 3. The van der Waals surface area contributed by atoms with Gasteiger partial charge in [-0.2, -0.15) is 0 Å². The van der Waals surface area contributed by atoms with E-state index in [1.165, 1.54) is 41.6 Å². The maximum atomic E-state index is 6.61. The highest BCUT2D eigenvalue weighted by molar-refractivity contribution is 5.46. The Morgan fingerprint density at radius 1 is 1.13 bits per heavy atom. The molecule has 2 N–H and O–H groups in total. The standard InChI is InChI=1S/C27H39N3O/c1-4-5-6-22-19-30-15-13-21-17-24(11-12-25(21)27(30)18-26(22)28)31-16-14-20-7-9-23(10-8-20)29(2)3/h7-12,17,22,26-27H,4-6,13-16,18-19,28H2,1-3H3. The Balaban J connectivity index is 1.34. The number of anilines is 1. The average molecular weight is 422 g/mol. The molecule has 0 bridgehead atoms. The molecule has 3 unspecified atom stereocenters. The number of piperidine rings is 1. The van der Waals surface area contributed by atoms with Crippen molar-refractivity contribution in [2.45, 2.75) is 57.5 Å². The van der Waals surface area contributed by atoms with Crippen molar-refractivity contribution < 1.29 is 4.74 Å². The minimum Gasteiger partial charge on any atom is -0.493 e. The molecule has 0 amide bonds. The average Bonchev–Trinajstić information content (AvgIpc) is 2.78. The largest absolute Gasteiger partial charge is 0.493 e. The minimum absolute atomic E-state index is 0.327. The summed E-state index contributed by atoms with van der Waals surface area (Å²) in [5, 5.41) is 0. The number of hydrogen-bond acceptors (Lipinski definition) is 4. The Bertz CT molecular complexity index is 848. The molecule has 2 heterocycles. The van der Waals surface area contributed by atoms with Gasteiger partial charge in [0.2, 0.25) is 0 Å². The fourth-order valence-corrected chi connectivity index (χ4v) is 5.23. The lowest BCUT2D eigenvalue weighted by Gasteiger charge is -2.46. The van der Waals surface area contributed by atoms with E-state index in [1.807, 2.05) is 0 Å². The second-order valence-electron chi connectivity index (χ2n) is 9.58. The Hall–Kier alpha value is -2.04. The first-order valence-electron chi connectivity index (χ1n) is 12.1. The Morgan fingerprint density at radius 2 is 1.94 bits per heavy atom. The third-order valence-electron chi connectivity index (χ3n) is 7.19. The van der Waals surface area contributed by atoms with Crippen LogP contribution in [0.25, 0.3) is 0 Å². The van der Waals surface area contributed by atoms with Crippen LogP contribution in [0.3, 0.4) is 0 Å². The predicted octanol–water partition coefficient (Wildman–Crippen LogP) is 4.81. The molecule has 0 aliphatic carbocycles. The summed E-state index contributed by atoms with van der Waals surface area (Å²) in [6.45, 7) is 5.29. The van der Waals surface area contributed by atoms with Crippen LogP contribution >= 0.6 is 0 Å². The first-order chi connectivity index (χ1) is 15.0. The number of hydrogen-bond donors (Lipinski definition) is 1. The molecule has 3 atom stereocenters. The monoisotopic (exact) mass is 421 g/mol. The summed E-state index contributed by atoms with van der Waals surface area (Å²) >= 11 is 0. The molecule has 1 fully saturated rings. The van der Waals surface area contributed by atoms with Gasteiger partial charge in [0.25, 0.3) is 0 Å². The summed E-state index contributed by atoms with van der Waals surface area (Å²) in [5.41, 5.74) is 12.1. The normalized spacial score (nSPS) is 23.2. The van der Waals surface area contributed by atoms with Gasteiger partial charge in [-0.1, -0.05) is 38.0 Å². The van der Waals surface area contributed by atoms with Crippen LogP contribution in [0.15, 0.2) is 42.5 Å². The van der Waals surface area contributed by atoms with Crippen molar-refractivity contribution in [1.82, 2.24) is 4.90 Å². The summed E-state index contributed by atoms with van der Waals surface area (Å²) < 4.78 is 6.12. The van der Waals surface area contributed by atoms with Crippen LogP contribution in [0.1, 0.15) is 55.3 Å². The molecule has 2 aliphatic rings. The summed E-state index contributed by atoms with van der Waals surface area (Å²) in [7, 11) is 4.14. The van der Waals surface area contributed by atoms with E-state index in [-0.39, 0.29) is 0 Å². The Morgan fingerprint density at radius 3 is 2.68 bits per heavy atom. The lowest BCUT2D eigenvalue weighted by Crippen LogP contribution is -2.50. The van der Waals surface area contributed by atoms with Gasteiger partial charge in [0.05, 0.1) is 6.61 Å². The summed E-state index contributed by atoms with van der Waals surface area (Å²) in [4.78, 5) is 4.81. The maximum Gasteiger partial charge on any atom is 0.119 e. The van der Waals surface area contributed by atoms with Crippen molar-refractivity contribution in [3.05, 3.63) is 59.2 Å². The number of unbranched alkanes of at least 4 members (excludes halogenated alkanes) is 1. The summed E-state index contributed by atoms with van der Waals surface area (Å²) in [6.07, 6.45) is 6.97. The van der Waals surface area contributed by atoms with E-state index >= 15 is 0 Å². The fraction of sp³-hybridized carbons (Fsp3) is 0.556. The zero-order valence-corrected chi connectivity index (χ0v) is 19.5. The van der Waals surface area contributed by atoms with Gasteiger partial charge in [0.15, 0.2) is 0 Å². The second-order valence-corrected chi connectivity index (χ2v) is 9.58. The van der Waals surface area contributed by atoms with Gasteiger partial charge in [-0.3, -0.25) is 4.90 Å². The zero-order chi connectivity index (χ0) is 21.8. The SMILES string of the molecule is CCCCC1CN2CCc3cc(OCCc4ccc(N(C)C)cc4)ccc3C2CC1N. The van der Waals surface area contributed by atoms with Crippen molar-refractivity contribution in [3.63, 3.8) is 0 Å². The third-order valence-corrected chi connectivity index (χ3v) is 7.19. The lowest BCUT2D eigenvalue weighted by molar-refractivity contribution is 0.0785. The van der Waals surface area contributed by atoms with Crippen LogP contribution in [0, 0.1) is 5.92 Å². The molecule has 2 aromatic carbocycles. The van der Waals surface area contributed by atoms with E-state index in [1.54, 1.807) is 0 Å². The van der Waals surface area contributed by atoms with Gasteiger partial charge in [-0.15, -0.1) is 0 Å². The number of benzene rings is 2. The molecule has 4 rings (SSSR count). The molecular weight excluding hydrogens is 382 g/mol. The van der Waals surface area contributed by atoms with Crippen LogP contribution < -0.4 is 15.4 Å². The van der Waals surface area contributed by atoms with Crippen LogP contribution in [0.2, 0.25) is 0 Å². The Kier molecular flexibility index (Phi) is 7.19. The van der Waals surface area contributed by atoms with Crippen LogP contribution in [-0.2, 0) is 12.8 Å². The van der Waals surface area contributed by atoms with E-state index < -0.39 is 0 Å². The molecule has 0 radical (unpaired) electrons. The number of ether oxygens (including phenoxy) is 1. The van der Waals surface area contributed by atoms with E-state index in [2.05, 4.69) is 73.3 Å². The highest BCUT2D eigenvalue weighted by Crippen LogP contribution is 2.40. The second kappa shape index (κ2) is 10.1. The highest BCUT2D eigenvalue weighted by Gasteiger charge is 2.37. The topological polar surface area (TPSA) is 41.7 Å². The van der Waals surface area contributed by atoms with Crippen LogP contribution in [0.5, 0.6) is 5.75 Å². The van der Waals surface area contributed by atoms with Crippen molar-refractivity contribution in [2.24, 2.45) is 11.7 Å². The number of nitrogens with two attached hydrogens (primary N) is 1. The van der Waals surface area contributed by atoms with Crippen molar-refractivity contribution in [3.8, 4) is 5.75 Å². The maximum absolute atomic E-state index is 6.61. The van der Waals surface area contributed by atoms with Gasteiger partial charge < -0.3 is 15.4 Å². The van der Waals surface area contributed by atoms with Gasteiger partial charge in [0, 0.05) is 51.4 Å². The van der Waals surface area contributed by atoms with E-state index in [4.69, 9.17) is 10.5 Å². The molecule has 2 aliphatic heterocycles. The molecular formula is C27H39N3O. The van der Waals surface area contributed by atoms with E-state index in [0.29, 0.717) is 24.6 Å². The van der Waals surface area contributed by atoms with Gasteiger partial charge in [-0.05, 0) is 66.1 Å². The number of nitrogens with zero attached hydrogens (tertiary/aromatic N) is 2. The molecule has 4 heteroatoms. The van der Waals surface area contributed by atoms with Gasteiger partial charge in [-0.25, -0.2) is 0 Å². The van der Waals surface area contributed by atoms with Crippen molar-refractivity contribution in [1.29, 1.82) is 0 Å². The molecule has 0 spiro atoms. The van der Waals surface area contributed by atoms with Crippen LogP contribution in [0.4, 0.5) is 5.69 Å². The minimum atomic E-state index is 0.327. The molecule has 2 aromatic rings. The molecule has 31 heavy (non-hydrogen) atoms. The Labute approximate surface area is 188 Å². The first-order valence-corrected chi connectivity index (χ1v) is 12.1. The predicted molar refractivity (Wildman–Crippen MR) is 130 cm³/mol. The van der Waals surface area contributed by atoms with Crippen LogP contribution in [-0.4, -0.2) is 44.7 Å². The zero-order valence-electron chi connectivity index (χ0n) is 19.5. The number of rotatable bonds is 8. The molecule has 4 nitrogen and oxygen atoms in total. The van der Waals surface area contributed by atoms with Gasteiger partial charge in [0.1, 0.15) is 5.75 Å². The smallest absolute Gasteiger partial charge is 0.119 e. The fourth-order valence-electron chi connectivity index (χ4n) is 5.23.